The average molecular weight is 522 g/mol. The largest absolute Gasteiger partial charge is 0.488 e. The van der Waals surface area contributed by atoms with Crippen LogP contribution in [0.25, 0.3) is 16.8 Å². The van der Waals surface area contributed by atoms with Crippen LogP contribution in [0.5, 0.6) is 5.75 Å². The molecule has 4 rings (SSSR count). The number of esters is 1. The van der Waals surface area contributed by atoms with E-state index in [1.165, 1.54) is 30.3 Å². The van der Waals surface area contributed by atoms with Crippen LogP contribution >= 0.6 is 0 Å². The zero-order chi connectivity index (χ0) is 27.8. The van der Waals surface area contributed by atoms with Gasteiger partial charge in [-0.2, -0.15) is 5.26 Å². The number of nitrogens with zero attached hydrogens (tertiary/aromatic N) is 2. The van der Waals surface area contributed by atoms with E-state index in [0.29, 0.717) is 28.1 Å². The summed E-state index contributed by atoms with van der Waals surface area (Å²) in [4.78, 5) is 35.5. The highest BCUT2D eigenvalue weighted by atomic mass is 16.6. The van der Waals surface area contributed by atoms with Crippen LogP contribution in [0.4, 0.5) is 11.4 Å². The first-order valence-corrected chi connectivity index (χ1v) is 12.0. The lowest BCUT2D eigenvalue weighted by Crippen LogP contribution is -2.14. The van der Waals surface area contributed by atoms with Gasteiger partial charge in [0.15, 0.2) is 0 Å². The van der Waals surface area contributed by atoms with E-state index in [1.807, 2.05) is 36.4 Å². The number of anilines is 1. The second kappa shape index (κ2) is 12.2. The zero-order valence-corrected chi connectivity index (χ0v) is 20.9. The van der Waals surface area contributed by atoms with E-state index in [2.05, 4.69) is 5.32 Å². The molecular formula is C30H23N3O6. The van der Waals surface area contributed by atoms with Crippen molar-refractivity contribution in [3.05, 3.63) is 117 Å². The number of nitriles is 1. The molecule has 1 N–H and O–H groups in total. The Morgan fingerprint density at radius 2 is 1.79 bits per heavy atom. The number of nitrogens with one attached hydrogen (secondary N) is 1. The van der Waals surface area contributed by atoms with E-state index < -0.39 is 16.8 Å². The zero-order valence-electron chi connectivity index (χ0n) is 20.9. The van der Waals surface area contributed by atoms with Gasteiger partial charge >= 0.3 is 5.97 Å². The Morgan fingerprint density at radius 1 is 1.03 bits per heavy atom. The van der Waals surface area contributed by atoms with Crippen molar-refractivity contribution in [1.82, 2.24) is 0 Å². The van der Waals surface area contributed by atoms with Crippen molar-refractivity contribution in [2.24, 2.45) is 0 Å². The Hall–Kier alpha value is -5.49. The van der Waals surface area contributed by atoms with Crippen molar-refractivity contribution in [3.8, 4) is 11.8 Å². The molecule has 0 radical (unpaired) electrons. The smallest absolute Gasteiger partial charge is 0.338 e. The Balaban J connectivity index is 1.62. The summed E-state index contributed by atoms with van der Waals surface area (Å²) in [7, 11) is 0. The Bertz CT molecular complexity index is 1620. The standard InChI is InChI=1S/C30H23N3O6/c1-2-38-30(35)22-10-13-24(14-11-22)32-29(34)23(18-31)17-27-26-9-4-3-7-21(26)12-15-28(27)39-19-20-6-5-8-25(16-20)33(36)37/h3-17H,2,19H2,1H3,(H,32,34)/b23-17+. The van der Waals surface area contributed by atoms with Crippen LogP contribution in [0.1, 0.15) is 28.4 Å². The molecule has 9 heteroatoms. The van der Waals surface area contributed by atoms with Crippen LogP contribution in [0.2, 0.25) is 0 Å². The molecule has 0 aliphatic heterocycles. The third-order valence-corrected chi connectivity index (χ3v) is 5.75. The summed E-state index contributed by atoms with van der Waals surface area (Å²) in [5, 5.41) is 25.2. The monoisotopic (exact) mass is 521 g/mol. The second-order valence-corrected chi connectivity index (χ2v) is 8.34. The lowest BCUT2D eigenvalue weighted by atomic mass is 10.0. The highest BCUT2D eigenvalue weighted by Crippen LogP contribution is 2.31. The topological polar surface area (TPSA) is 132 Å². The van der Waals surface area contributed by atoms with Crippen molar-refractivity contribution in [2.75, 3.05) is 11.9 Å². The van der Waals surface area contributed by atoms with Gasteiger partial charge in [-0.05, 0) is 59.7 Å². The van der Waals surface area contributed by atoms with Gasteiger partial charge in [0.25, 0.3) is 11.6 Å². The molecule has 0 saturated heterocycles. The quantitative estimate of drug-likeness (QED) is 0.0932. The molecule has 0 aromatic heterocycles. The van der Waals surface area contributed by atoms with Crippen LogP contribution in [0.3, 0.4) is 0 Å². The van der Waals surface area contributed by atoms with E-state index in [9.17, 15) is 25.0 Å². The maximum atomic E-state index is 13.0. The van der Waals surface area contributed by atoms with Gasteiger partial charge in [-0.1, -0.05) is 42.5 Å². The highest BCUT2D eigenvalue weighted by Gasteiger charge is 2.15. The van der Waals surface area contributed by atoms with E-state index in [4.69, 9.17) is 9.47 Å². The molecule has 0 fully saturated rings. The predicted molar refractivity (Wildman–Crippen MR) is 146 cm³/mol. The van der Waals surface area contributed by atoms with Crippen LogP contribution < -0.4 is 10.1 Å². The Labute approximate surface area is 224 Å². The number of carbonyl (C=O) groups excluding carboxylic acids is 2. The van der Waals surface area contributed by atoms with Gasteiger partial charge in [0.2, 0.25) is 0 Å². The van der Waals surface area contributed by atoms with Crippen LogP contribution in [-0.4, -0.2) is 23.4 Å². The molecule has 194 valence electrons. The first-order valence-electron chi connectivity index (χ1n) is 12.0. The highest BCUT2D eigenvalue weighted by molar-refractivity contribution is 6.11. The summed E-state index contributed by atoms with van der Waals surface area (Å²) >= 11 is 0. The van der Waals surface area contributed by atoms with Crippen LogP contribution in [0.15, 0.2) is 90.5 Å². The van der Waals surface area contributed by atoms with E-state index >= 15 is 0 Å². The molecule has 4 aromatic rings. The number of nitro groups is 1. The number of carbonyl (C=O) groups is 2. The third-order valence-electron chi connectivity index (χ3n) is 5.75. The maximum Gasteiger partial charge on any atom is 0.338 e. The van der Waals surface area contributed by atoms with E-state index in [0.717, 1.165) is 10.8 Å². The minimum Gasteiger partial charge on any atom is -0.488 e. The lowest BCUT2D eigenvalue weighted by molar-refractivity contribution is -0.384. The number of rotatable bonds is 9. The first kappa shape index (κ1) is 26.6. The van der Waals surface area contributed by atoms with Gasteiger partial charge in [0, 0.05) is 23.4 Å². The van der Waals surface area contributed by atoms with Gasteiger partial charge in [0.05, 0.1) is 17.1 Å². The summed E-state index contributed by atoms with van der Waals surface area (Å²) in [6.07, 6.45) is 1.45. The maximum absolute atomic E-state index is 13.0. The third kappa shape index (κ3) is 6.45. The van der Waals surface area contributed by atoms with Gasteiger partial charge in [-0.15, -0.1) is 0 Å². The second-order valence-electron chi connectivity index (χ2n) is 8.34. The summed E-state index contributed by atoms with van der Waals surface area (Å²) in [5.74, 6) is -0.708. The number of amides is 1. The molecule has 0 atom stereocenters. The number of benzene rings is 4. The molecule has 0 heterocycles. The summed E-state index contributed by atoms with van der Waals surface area (Å²) in [6.45, 7) is 2.00. The normalized spacial score (nSPS) is 10.9. The molecule has 0 aliphatic carbocycles. The minimum atomic E-state index is -0.640. The van der Waals surface area contributed by atoms with Crippen molar-refractivity contribution in [1.29, 1.82) is 5.26 Å². The van der Waals surface area contributed by atoms with Crippen LogP contribution in [-0.2, 0) is 16.1 Å². The van der Waals surface area contributed by atoms with E-state index in [1.54, 1.807) is 37.3 Å². The fourth-order valence-corrected chi connectivity index (χ4v) is 3.87. The molecule has 39 heavy (non-hydrogen) atoms. The summed E-state index contributed by atoms with van der Waals surface area (Å²) in [6, 6.07) is 25.2. The Kier molecular flexibility index (Phi) is 8.29. The number of hydrogen-bond acceptors (Lipinski definition) is 7. The predicted octanol–water partition coefficient (Wildman–Crippen LogP) is 6.05. The van der Waals surface area contributed by atoms with E-state index in [-0.39, 0.29) is 24.5 Å². The molecule has 0 bridgehead atoms. The fourth-order valence-electron chi connectivity index (χ4n) is 3.87. The van der Waals surface area contributed by atoms with Crippen molar-refractivity contribution in [3.63, 3.8) is 0 Å². The molecule has 1 amide bonds. The fraction of sp³-hybridized carbons (Fsp3) is 0.100. The average Bonchev–Trinajstić information content (AvgIpc) is 2.95. The first-order chi connectivity index (χ1) is 18.9. The SMILES string of the molecule is CCOC(=O)c1ccc(NC(=O)/C(C#N)=C/c2c(OCc3cccc([N+](=O)[O-])c3)ccc3ccccc23)cc1. The summed E-state index contributed by atoms with van der Waals surface area (Å²) < 4.78 is 11.0. The minimum absolute atomic E-state index is 0.0434. The number of fused-ring (bicyclic) bond motifs is 1. The molecule has 0 saturated carbocycles. The van der Waals surface area contributed by atoms with Gasteiger partial charge in [0.1, 0.15) is 24.0 Å². The van der Waals surface area contributed by atoms with Crippen molar-refractivity contribution >= 4 is 40.1 Å². The molecule has 0 spiro atoms. The molecule has 4 aromatic carbocycles. The van der Waals surface area contributed by atoms with Gasteiger partial charge in [-0.3, -0.25) is 14.9 Å². The van der Waals surface area contributed by atoms with Gasteiger partial charge in [-0.25, -0.2) is 4.79 Å². The summed E-state index contributed by atoms with van der Waals surface area (Å²) in [5.41, 5.74) is 1.63. The molecular weight excluding hydrogens is 498 g/mol. The number of non-ortho nitro benzene ring substituents is 1. The molecule has 0 unspecified atom stereocenters. The van der Waals surface area contributed by atoms with Crippen molar-refractivity contribution in [2.45, 2.75) is 13.5 Å². The lowest BCUT2D eigenvalue weighted by Gasteiger charge is -2.13. The number of hydrogen-bond donors (Lipinski definition) is 1. The van der Waals surface area contributed by atoms with Crippen molar-refractivity contribution < 1.29 is 24.0 Å². The van der Waals surface area contributed by atoms with Gasteiger partial charge < -0.3 is 14.8 Å². The Morgan fingerprint density at radius 3 is 2.51 bits per heavy atom. The molecule has 9 nitrogen and oxygen atoms in total. The number of nitro benzene ring substituents is 1. The molecule has 0 aliphatic rings. The number of ether oxygens (including phenoxy) is 2. The van der Waals surface area contributed by atoms with Crippen LogP contribution in [0, 0.1) is 21.4 Å².